The van der Waals surface area contributed by atoms with Crippen molar-refractivity contribution in [3.63, 3.8) is 0 Å². The average Bonchev–Trinajstić information content (AvgIpc) is 2.87. The molecule has 0 saturated heterocycles. The molecule has 0 heterocycles. The van der Waals surface area contributed by atoms with Crippen LogP contribution in [0.15, 0.2) is 54.6 Å². The molecule has 0 aliphatic carbocycles. The Morgan fingerprint density at radius 2 is 1.71 bits per heavy atom. The van der Waals surface area contributed by atoms with Gasteiger partial charge in [0.25, 0.3) is 0 Å². The lowest BCUT2D eigenvalue weighted by Crippen LogP contribution is -2.55. The summed E-state index contributed by atoms with van der Waals surface area (Å²) in [6, 6.07) is 14.0. The van der Waals surface area contributed by atoms with Crippen LogP contribution < -0.4 is 10.6 Å². The maximum atomic E-state index is 14.1. The number of phenols is 1. The van der Waals surface area contributed by atoms with Crippen molar-refractivity contribution in [2.45, 2.75) is 85.0 Å². The fourth-order valence-electron chi connectivity index (χ4n) is 4.04. The molecule has 0 bridgehead atoms. The molecule has 0 aliphatic rings. The van der Waals surface area contributed by atoms with Crippen molar-refractivity contribution in [2.24, 2.45) is 5.92 Å². The molecule has 0 spiro atoms. The number of aromatic hydroxyl groups is 1. The van der Waals surface area contributed by atoms with Gasteiger partial charge in [-0.05, 0) is 56.4 Å². The predicted molar refractivity (Wildman–Crippen MR) is 148 cm³/mol. The van der Waals surface area contributed by atoms with E-state index in [9.17, 15) is 19.5 Å². The topological polar surface area (TPSA) is 108 Å². The van der Waals surface area contributed by atoms with Crippen LogP contribution in [0.1, 0.15) is 78.0 Å². The fourth-order valence-corrected chi connectivity index (χ4v) is 4.04. The van der Waals surface area contributed by atoms with Gasteiger partial charge >= 0.3 is 6.09 Å². The highest BCUT2D eigenvalue weighted by molar-refractivity contribution is 5.92. The normalized spacial score (nSPS) is 13.6. The molecule has 0 aromatic heterocycles. The number of carbonyl (C=O) groups is 3. The zero-order chi connectivity index (χ0) is 28.3. The zero-order valence-electron chi connectivity index (χ0n) is 23.5. The van der Waals surface area contributed by atoms with Crippen molar-refractivity contribution in [1.29, 1.82) is 0 Å². The van der Waals surface area contributed by atoms with Crippen molar-refractivity contribution < 1.29 is 24.2 Å². The Kier molecular flexibility index (Phi) is 11.6. The summed E-state index contributed by atoms with van der Waals surface area (Å²) in [4.78, 5) is 42.1. The van der Waals surface area contributed by atoms with E-state index in [1.165, 1.54) is 17.0 Å². The Labute approximate surface area is 226 Å². The standard InChI is InChI=1S/C30H43N3O5/c1-7-9-18-33(28(36)25(21(3)8-2)32-29(37)38-30(4,5)6)26(23-16-13-17-24(34)19-23)27(35)31-20-22-14-11-10-12-15-22/h10-17,19,21,25-26,34H,7-9,18,20H2,1-6H3,(H,31,35)(H,32,37). The molecule has 2 rings (SSSR count). The summed E-state index contributed by atoms with van der Waals surface area (Å²) in [5.41, 5.74) is 0.683. The maximum absolute atomic E-state index is 14.1. The van der Waals surface area contributed by atoms with Crippen LogP contribution in [0.5, 0.6) is 5.75 Å². The molecule has 2 aromatic rings. The second-order valence-electron chi connectivity index (χ2n) is 10.6. The largest absolute Gasteiger partial charge is 0.508 e. The molecule has 3 amide bonds. The minimum atomic E-state index is -1.00. The summed E-state index contributed by atoms with van der Waals surface area (Å²) >= 11 is 0. The van der Waals surface area contributed by atoms with E-state index in [0.717, 1.165) is 12.0 Å². The number of unbranched alkanes of at least 4 members (excludes halogenated alkanes) is 1. The summed E-state index contributed by atoms with van der Waals surface area (Å²) in [6.07, 6.45) is 1.40. The molecule has 2 aromatic carbocycles. The number of nitrogens with one attached hydrogen (secondary N) is 2. The number of carbonyl (C=O) groups excluding carboxylic acids is 3. The smallest absolute Gasteiger partial charge is 0.408 e. The quantitative estimate of drug-likeness (QED) is 0.348. The lowest BCUT2D eigenvalue weighted by Gasteiger charge is -2.36. The van der Waals surface area contributed by atoms with E-state index >= 15 is 0 Å². The highest BCUT2D eigenvalue weighted by Crippen LogP contribution is 2.27. The van der Waals surface area contributed by atoms with Crippen LogP contribution in [-0.2, 0) is 20.9 Å². The van der Waals surface area contributed by atoms with Crippen LogP contribution in [0.3, 0.4) is 0 Å². The van der Waals surface area contributed by atoms with E-state index < -0.39 is 23.8 Å². The third-order valence-corrected chi connectivity index (χ3v) is 6.24. The van der Waals surface area contributed by atoms with Gasteiger partial charge in [-0.25, -0.2) is 4.79 Å². The third-order valence-electron chi connectivity index (χ3n) is 6.24. The van der Waals surface area contributed by atoms with Gasteiger partial charge < -0.3 is 25.4 Å². The molecule has 0 saturated carbocycles. The lowest BCUT2D eigenvalue weighted by atomic mass is 9.95. The minimum Gasteiger partial charge on any atom is -0.508 e. The van der Waals surface area contributed by atoms with E-state index in [1.54, 1.807) is 32.9 Å². The van der Waals surface area contributed by atoms with Gasteiger partial charge in [0.05, 0.1) is 0 Å². The first-order valence-electron chi connectivity index (χ1n) is 13.4. The molecule has 0 radical (unpaired) electrons. The highest BCUT2D eigenvalue weighted by Gasteiger charge is 2.38. The van der Waals surface area contributed by atoms with Gasteiger partial charge in [0, 0.05) is 13.1 Å². The lowest BCUT2D eigenvalue weighted by molar-refractivity contribution is -0.143. The number of benzene rings is 2. The molecule has 38 heavy (non-hydrogen) atoms. The summed E-state index contributed by atoms with van der Waals surface area (Å²) in [5, 5.41) is 15.9. The van der Waals surface area contributed by atoms with E-state index in [-0.39, 0.29) is 30.0 Å². The van der Waals surface area contributed by atoms with Gasteiger partial charge in [-0.15, -0.1) is 0 Å². The SMILES string of the molecule is CCCCN(C(=O)C(NC(=O)OC(C)(C)C)C(C)CC)C(C(=O)NCc1ccccc1)c1cccc(O)c1. The molecular weight excluding hydrogens is 482 g/mol. The van der Waals surface area contributed by atoms with Gasteiger partial charge in [0.1, 0.15) is 23.4 Å². The second-order valence-corrected chi connectivity index (χ2v) is 10.6. The number of amides is 3. The summed E-state index contributed by atoms with van der Waals surface area (Å²) in [5.74, 6) is -0.959. The summed E-state index contributed by atoms with van der Waals surface area (Å²) in [7, 11) is 0. The monoisotopic (exact) mass is 525 g/mol. The van der Waals surface area contributed by atoms with E-state index in [0.29, 0.717) is 24.9 Å². The molecule has 0 aliphatic heterocycles. The van der Waals surface area contributed by atoms with Crippen LogP contribution in [0.2, 0.25) is 0 Å². The van der Waals surface area contributed by atoms with Crippen molar-refractivity contribution >= 4 is 17.9 Å². The third kappa shape index (κ3) is 9.39. The number of nitrogens with zero attached hydrogens (tertiary/aromatic N) is 1. The van der Waals surface area contributed by atoms with Crippen LogP contribution in [0.4, 0.5) is 4.79 Å². The first-order chi connectivity index (χ1) is 18.0. The van der Waals surface area contributed by atoms with Crippen LogP contribution in [0, 0.1) is 5.92 Å². The molecule has 8 heteroatoms. The summed E-state index contributed by atoms with van der Waals surface area (Å²) < 4.78 is 5.44. The fraction of sp³-hybridized carbons (Fsp3) is 0.500. The van der Waals surface area contributed by atoms with Crippen LogP contribution >= 0.6 is 0 Å². The van der Waals surface area contributed by atoms with Crippen molar-refractivity contribution in [3.05, 3.63) is 65.7 Å². The Hall–Kier alpha value is -3.55. The van der Waals surface area contributed by atoms with Gasteiger partial charge in [0.15, 0.2) is 0 Å². The van der Waals surface area contributed by atoms with Crippen LogP contribution in [-0.4, -0.2) is 46.1 Å². The minimum absolute atomic E-state index is 0.00314. The number of hydrogen-bond acceptors (Lipinski definition) is 5. The zero-order valence-corrected chi connectivity index (χ0v) is 23.5. The predicted octanol–water partition coefficient (Wildman–Crippen LogP) is 5.32. The number of rotatable bonds is 12. The highest BCUT2D eigenvalue weighted by atomic mass is 16.6. The van der Waals surface area contributed by atoms with Gasteiger partial charge in [0.2, 0.25) is 11.8 Å². The molecule has 3 atom stereocenters. The van der Waals surface area contributed by atoms with Gasteiger partial charge in [-0.2, -0.15) is 0 Å². The van der Waals surface area contributed by atoms with Gasteiger partial charge in [-0.3, -0.25) is 9.59 Å². The number of ether oxygens (including phenoxy) is 1. The summed E-state index contributed by atoms with van der Waals surface area (Å²) in [6.45, 7) is 11.7. The first kappa shape index (κ1) is 30.7. The van der Waals surface area contributed by atoms with Gasteiger partial charge in [-0.1, -0.05) is 76.1 Å². The molecule has 0 fully saturated rings. The Morgan fingerprint density at radius 3 is 2.29 bits per heavy atom. The van der Waals surface area contributed by atoms with Crippen molar-refractivity contribution in [2.75, 3.05) is 6.54 Å². The first-order valence-corrected chi connectivity index (χ1v) is 13.4. The molecule has 3 N–H and O–H groups in total. The Bertz CT molecular complexity index is 1050. The number of hydrogen-bond donors (Lipinski definition) is 3. The van der Waals surface area contributed by atoms with E-state index in [4.69, 9.17) is 4.74 Å². The second kappa shape index (κ2) is 14.4. The number of phenolic OH excluding ortho intramolecular Hbond substituents is 1. The van der Waals surface area contributed by atoms with Crippen molar-refractivity contribution in [1.82, 2.24) is 15.5 Å². The van der Waals surface area contributed by atoms with E-state index in [2.05, 4.69) is 10.6 Å². The number of alkyl carbamates (subject to hydrolysis) is 1. The molecule has 8 nitrogen and oxygen atoms in total. The van der Waals surface area contributed by atoms with Crippen LogP contribution in [0.25, 0.3) is 0 Å². The van der Waals surface area contributed by atoms with Crippen molar-refractivity contribution in [3.8, 4) is 5.75 Å². The maximum Gasteiger partial charge on any atom is 0.408 e. The Morgan fingerprint density at radius 1 is 1.03 bits per heavy atom. The van der Waals surface area contributed by atoms with E-state index in [1.807, 2.05) is 51.1 Å². The molecular formula is C30H43N3O5. The molecule has 3 unspecified atom stereocenters. The Balaban J connectivity index is 2.47. The average molecular weight is 526 g/mol. The molecule has 208 valence electrons.